The van der Waals surface area contributed by atoms with Crippen LogP contribution in [0.2, 0.25) is 0 Å². The Labute approximate surface area is 136 Å². The predicted octanol–water partition coefficient (Wildman–Crippen LogP) is 3.04. The summed E-state index contributed by atoms with van der Waals surface area (Å²) in [6.07, 6.45) is -2.56. The molecule has 24 heavy (non-hydrogen) atoms. The van der Waals surface area contributed by atoms with Crippen LogP contribution in [0.3, 0.4) is 0 Å². The summed E-state index contributed by atoms with van der Waals surface area (Å²) in [5.74, 6) is -2.40. The summed E-state index contributed by atoms with van der Waals surface area (Å²) in [6, 6.07) is 4.79. The Morgan fingerprint density at radius 2 is 1.88 bits per heavy atom. The number of aliphatic hydroxyl groups is 1. The van der Waals surface area contributed by atoms with Gasteiger partial charge in [-0.2, -0.15) is 23.3 Å². The fourth-order valence-electron chi connectivity index (χ4n) is 3.32. The van der Waals surface area contributed by atoms with Crippen LogP contribution in [0.4, 0.5) is 13.2 Å². The van der Waals surface area contributed by atoms with E-state index in [-0.39, 0.29) is 28.5 Å². The molecule has 1 saturated carbocycles. The number of hydrogen-bond acceptors (Lipinski definition) is 4. The van der Waals surface area contributed by atoms with E-state index in [1.165, 1.54) is 24.3 Å². The summed E-state index contributed by atoms with van der Waals surface area (Å²) in [5.41, 5.74) is -3.20. The van der Waals surface area contributed by atoms with Crippen LogP contribution >= 0.6 is 0 Å². The second-order valence-corrected chi connectivity index (χ2v) is 6.13. The van der Waals surface area contributed by atoms with Crippen molar-refractivity contribution in [3.05, 3.63) is 29.8 Å². The standard InChI is InChI=1S/C16H17F3N2O3/c17-16(18,19)15(24)12-4-2-1-3-5-13(12)20-21(15)14(23)10-6-8-11(22)9-7-10/h6-9,12,22,24H,1-5H2/t12-,15-/m1/s1. The van der Waals surface area contributed by atoms with Crippen LogP contribution in [-0.4, -0.2) is 38.7 Å². The zero-order valence-corrected chi connectivity index (χ0v) is 12.8. The summed E-state index contributed by atoms with van der Waals surface area (Å²) >= 11 is 0. The summed E-state index contributed by atoms with van der Waals surface area (Å²) in [5, 5.41) is 23.8. The number of carbonyl (C=O) groups is 1. The number of nitrogens with zero attached hydrogens (tertiary/aromatic N) is 2. The lowest BCUT2D eigenvalue weighted by molar-refractivity contribution is -0.312. The molecule has 0 radical (unpaired) electrons. The number of carbonyl (C=O) groups excluding carboxylic acids is 1. The van der Waals surface area contributed by atoms with Gasteiger partial charge in [0, 0.05) is 11.3 Å². The number of phenolic OH excluding ortho intramolecular Hbond substituents is 1. The van der Waals surface area contributed by atoms with Gasteiger partial charge in [0.2, 0.25) is 0 Å². The van der Waals surface area contributed by atoms with Crippen molar-refractivity contribution >= 4 is 11.6 Å². The third-order valence-electron chi connectivity index (χ3n) is 4.59. The van der Waals surface area contributed by atoms with Gasteiger partial charge in [-0.15, -0.1) is 0 Å². The number of aromatic hydroxyl groups is 1. The molecule has 1 aliphatic heterocycles. The average molecular weight is 342 g/mol. The van der Waals surface area contributed by atoms with E-state index in [0.29, 0.717) is 19.3 Å². The van der Waals surface area contributed by atoms with Crippen LogP contribution in [0.15, 0.2) is 29.4 Å². The van der Waals surface area contributed by atoms with Gasteiger partial charge >= 0.3 is 6.18 Å². The van der Waals surface area contributed by atoms with Crippen molar-refractivity contribution in [1.82, 2.24) is 5.01 Å². The van der Waals surface area contributed by atoms with Gasteiger partial charge in [0.05, 0.1) is 5.92 Å². The molecule has 130 valence electrons. The number of alkyl halides is 3. The number of rotatable bonds is 1. The van der Waals surface area contributed by atoms with Crippen LogP contribution < -0.4 is 0 Å². The molecule has 2 N–H and O–H groups in total. The smallest absolute Gasteiger partial charge is 0.439 e. The molecule has 1 fully saturated rings. The average Bonchev–Trinajstić information content (AvgIpc) is 2.68. The van der Waals surface area contributed by atoms with Gasteiger partial charge in [-0.05, 0) is 43.5 Å². The number of hydrazone groups is 1. The maximum Gasteiger partial charge on any atom is 0.439 e. The molecule has 2 atom stereocenters. The first kappa shape index (κ1) is 16.8. The van der Waals surface area contributed by atoms with Crippen LogP contribution in [0.5, 0.6) is 5.75 Å². The zero-order chi connectivity index (χ0) is 17.5. The third-order valence-corrected chi connectivity index (χ3v) is 4.59. The van der Waals surface area contributed by atoms with E-state index in [9.17, 15) is 28.2 Å². The van der Waals surface area contributed by atoms with Crippen molar-refractivity contribution in [2.75, 3.05) is 0 Å². The van der Waals surface area contributed by atoms with E-state index in [1.54, 1.807) is 0 Å². The monoisotopic (exact) mass is 342 g/mol. The first-order chi connectivity index (χ1) is 11.2. The minimum atomic E-state index is -5.03. The van der Waals surface area contributed by atoms with Gasteiger partial charge < -0.3 is 10.2 Å². The number of amides is 1. The molecular formula is C16H17F3N2O3. The van der Waals surface area contributed by atoms with Gasteiger partial charge in [-0.3, -0.25) is 4.79 Å². The SMILES string of the molecule is O=C(c1ccc(O)cc1)N1N=C2CCCCC[C@H]2[C@@]1(O)C(F)(F)F. The first-order valence-electron chi connectivity index (χ1n) is 7.75. The minimum Gasteiger partial charge on any atom is -0.508 e. The highest BCUT2D eigenvalue weighted by molar-refractivity contribution is 5.99. The van der Waals surface area contributed by atoms with E-state index in [4.69, 9.17) is 0 Å². The molecule has 0 spiro atoms. The molecule has 8 heteroatoms. The summed E-state index contributed by atoms with van der Waals surface area (Å²) in [4.78, 5) is 12.5. The van der Waals surface area contributed by atoms with Crippen LogP contribution in [0.25, 0.3) is 0 Å². The highest BCUT2D eigenvalue weighted by atomic mass is 19.4. The second-order valence-electron chi connectivity index (χ2n) is 6.13. The topological polar surface area (TPSA) is 73.1 Å². The van der Waals surface area contributed by atoms with Crippen molar-refractivity contribution < 1.29 is 28.2 Å². The maximum absolute atomic E-state index is 13.7. The van der Waals surface area contributed by atoms with E-state index >= 15 is 0 Å². The predicted molar refractivity (Wildman–Crippen MR) is 79.3 cm³/mol. The Kier molecular flexibility index (Phi) is 4.03. The lowest BCUT2D eigenvalue weighted by Gasteiger charge is -2.37. The zero-order valence-electron chi connectivity index (χ0n) is 12.8. The number of hydrogen-bond donors (Lipinski definition) is 2. The molecule has 1 amide bonds. The lowest BCUT2D eigenvalue weighted by atomic mass is 9.87. The quantitative estimate of drug-likeness (QED) is 0.824. The highest BCUT2D eigenvalue weighted by Gasteiger charge is 2.68. The van der Waals surface area contributed by atoms with E-state index in [2.05, 4.69) is 5.10 Å². The van der Waals surface area contributed by atoms with Crippen molar-refractivity contribution in [1.29, 1.82) is 0 Å². The molecule has 3 rings (SSSR count). The number of fused-ring (bicyclic) bond motifs is 1. The molecule has 0 unspecified atom stereocenters. The molecule has 1 aromatic carbocycles. The largest absolute Gasteiger partial charge is 0.508 e. The van der Waals surface area contributed by atoms with Crippen molar-refractivity contribution in [3.8, 4) is 5.75 Å². The van der Waals surface area contributed by atoms with E-state index in [1.807, 2.05) is 0 Å². The molecule has 0 saturated heterocycles. The van der Waals surface area contributed by atoms with Crippen molar-refractivity contribution in [2.24, 2.45) is 11.0 Å². The van der Waals surface area contributed by atoms with Crippen LogP contribution in [0.1, 0.15) is 42.5 Å². The number of halogens is 3. The molecule has 1 aliphatic carbocycles. The lowest BCUT2D eigenvalue weighted by Crippen LogP contribution is -2.61. The van der Waals surface area contributed by atoms with Crippen molar-refractivity contribution in [3.63, 3.8) is 0 Å². The second kappa shape index (κ2) is 5.77. The molecule has 0 aromatic heterocycles. The van der Waals surface area contributed by atoms with E-state index < -0.39 is 23.7 Å². The van der Waals surface area contributed by atoms with Gasteiger partial charge in [0.25, 0.3) is 11.6 Å². The first-order valence-corrected chi connectivity index (χ1v) is 7.75. The number of phenols is 1. The Bertz CT molecular complexity index is 672. The summed E-state index contributed by atoms with van der Waals surface area (Å²) in [6.45, 7) is 0. The van der Waals surface area contributed by atoms with Gasteiger partial charge in [-0.1, -0.05) is 12.8 Å². The summed E-state index contributed by atoms with van der Waals surface area (Å²) < 4.78 is 41.0. The van der Waals surface area contributed by atoms with Crippen LogP contribution in [-0.2, 0) is 0 Å². The molecular weight excluding hydrogens is 325 g/mol. The van der Waals surface area contributed by atoms with Gasteiger partial charge in [0.15, 0.2) is 0 Å². The van der Waals surface area contributed by atoms with Gasteiger partial charge in [-0.25, -0.2) is 0 Å². The Balaban J connectivity index is 2.03. The minimum absolute atomic E-state index is 0.0868. The van der Waals surface area contributed by atoms with Crippen molar-refractivity contribution in [2.45, 2.75) is 44.0 Å². The summed E-state index contributed by atoms with van der Waals surface area (Å²) in [7, 11) is 0. The molecule has 5 nitrogen and oxygen atoms in total. The highest BCUT2D eigenvalue weighted by Crippen LogP contribution is 2.48. The normalized spacial score (nSPS) is 27.4. The number of benzene rings is 1. The Hall–Kier alpha value is -2.09. The fourth-order valence-corrected chi connectivity index (χ4v) is 3.32. The Morgan fingerprint density at radius 3 is 2.50 bits per heavy atom. The molecule has 0 bridgehead atoms. The maximum atomic E-state index is 13.7. The molecule has 2 aliphatic rings. The molecule has 1 heterocycles. The molecule has 1 aromatic rings. The van der Waals surface area contributed by atoms with E-state index in [0.717, 1.165) is 6.42 Å². The fraction of sp³-hybridized carbons (Fsp3) is 0.500. The van der Waals surface area contributed by atoms with Gasteiger partial charge in [0.1, 0.15) is 5.75 Å². The van der Waals surface area contributed by atoms with Crippen LogP contribution in [0, 0.1) is 5.92 Å². The Morgan fingerprint density at radius 1 is 1.21 bits per heavy atom. The third kappa shape index (κ3) is 2.54.